The van der Waals surface area contributed by atoms with E-state index in [1.165, 1.54) is 16.7 Å². The average molecular weight is 415 g/mol. The second-order valence-corrected chi connectivity index (χ2v) is 10.1. The largest absolute Gasteiger partial charge is 0.460 e. The van der Waals surface area contributed by atoms with Crippen LogP contribution < -0.4 is 5.32 Å². The third kappa shape index (κ3) is 3.85. The van der Waals surface area contributed by atoms with Crippen LogP contribution in [-0.4, -0.2) is 55.3 Å². The Bertz CT molecular complexity index is 617. The van der Waals surface area contributed by atoms with Crippen molar-refractivity contribution in [3.63, 3.8) is 0 Å². The van der Waals surface area contributed by atoms with E-state index >= 15 is 0 Å². The van der Waals surface area contributed by atoms with Gasteiger partial charge < -0.3 is 15.0 Å². The summed E-state index contributed by atoms with van der Waals surface area (Å²) >= 11 is 18.1. The van der Waals surface area contributed by atoms with E-state index in [4.69, 9.17) is 44.8 Å². The number of β-lactam (4-membered cyclic amide) rings is 1. The summed E-state index contributed by atoms with van der Waals surface area (Å²) in [4.78, 5) is 37.5. The van der Waals surface area contributed by atoms with Crippen LogP contribution in [0.2, 0.25) is 0 Å². The molecule has 0 spiro atoms. The minimum absolute atomic E-state index is 0.334. The van der Waals surface area contributed by atoms with Crippen molar-refractivity contribution in [1.82, 2.24) is 10.2 Å². The number of fused-ring (bicyclic) bond motifs is 1. The molecule has 0 aliphatic carbocycles. The molecule has 0 radical (unpaired) electrons. The molecule has 2 saturated heterocycles. The van der Waals surface area contributed by atoms with Crippen LogP contribution in [0.4, 0.5) is 0 Å². The van der Waals surface area contributed by atoms with Gasteiger partial charge in [0.15, 0.2) is 0 Å². The highest BCUT2D eigenvalue weighted by Crippen LogP contribution is 2.51. The average Bonchev–Trinajstić information content (AvgIpc) is 2.70. The lowest BCUT2D eigenvalue weighted by Crippen LogP contribution is -2.70. The quantitative estimate of drug-likeness (QED) is 0.423. The first kappa shape index (κ1) is 19.4. The van der Waals surface area contributed by atoms with Crippen LogP contribution in [0, 0.1) is 11.3 Å². The number of rotatable bonds is 4. The summed E-state index contributed by atoms with van der Waals surface area (Å²) in [7, 11) is 0. The molecule has 0 aromatic heterocycles. The van der Waals surface area contributed by atoms with E-state index in [0.29, 0.717) is 0 Å². The number of carbonyl (C=O) groups excluding carboxylic acids is 3. The van der Waals surface area contributed by atoms with Gasteiger partial charge in [-0.1, -0.05) is 34.8 Å². The summed E-state index contributed by atoms with van der Waals surface area (Å²) in [5, 5.41) is 10.6. The lowest BCUT2D eigenvalue weighted by atomic mass is 9.96. The van der Waals surface area contributed by atoms with Crippen LogP contribution in [0.25, 0.3) is 0 Å². The second-order valence-electron chi connectivity index (χ2n) is 5.86. The number of halogens is 3. The number of amides is 2. The highest BCUT2D eigenvalue weighted by atomic mass is 35.6. The maximum atomic E-state index is 12.3. The molecule has 2 heterocycles. The number of nitriles is 1. The molecule has 2 rings (SSSR count). The van der Waals surface area contributed by atoms with Gasteiger partial charge in [0.25, 0.3) is 0 Å². The first-order valence-electron chi connectivity index (χ1n) is 6.87. The molecule has 24 heavy (non-hydrogen) atoms. The normalized spacial score (nSPS) is 27.8. The molecule has 2 amide bonds. The van der Waals surface area contributed by atoms with Gasteiger partial charge in [0.2, 0.25) is 15.6 Å². The molecule has 3 atom stereocenters. The van der Waals surface area contributed by atoms with E-state index in [0.717, 1.165) is 0 Å². The predicted molar refractivity (Wildman–Crippen MR) is 89.5 cm³/mol. The second kappa shape index (κ2) is 6.79. The van der Waals surface area contributed by atoms with Crippen LogP contribution in [0.5, 0.6) is 0 Å². The third-order valence-corrected chi connectivity index (χ3v) is 5.50. The maximum Gasteiger partial charge on any atom is 0.330 e. The number of nitrogens with zero attached hydrogens (tertiary/aromatic N) is 2. The zero-order valence-corrected chi connectivity index (χ0v) is 15.8. The van der Waals surface area contributed by atoms with E-state index in [-0.39, 0.29) is 6.42 Å². The summed E-state index contributed by atoms with van der Waals surface area (Å²) in [6.45, 7) is 3.15. The number of carbonyl (C=O) groups is 3. The molecule has 0 saturated carbocycles. The topological polar surface area (TPSA) is 99.5 Å². The third-order valence-electron chi connectivity index (χ3n) is 3.60. The number of nitrogens with one attached hydrogen (secondary N) is 1. The summed E-state index contributed by atoms with van der Waals surface area (Å²) in [6, 6.07) is 0.101. The molecule has 2 aliphatic rings. The summed E-state index contributed by atoms with van der Waals surface area (Å²) in [5.74, 6) is -1.60. The first-order chi connectivity index (χ1) is 11.0. The molecule has 0 aromatic carbocycles. The fourth-order valence-corrected chi connectivity index (χ4v) is 4.44. The Morgan fingerprint density at radius 2 is 2.08 bits per heavy atom. The van der Waals surface area contributed by atoms with Crippen LogP contribution in [-0.2, 0) is 19.1 Å². The Morgan fingerprint density at radius 3 is 2.62 bits per heavy atom. The van der Waals surface area contributed by atoms with Crippen molar-refractivity contribution in [2.45, 2.75) is 46.3 Å². The molecular formula is C13H14Cl3N3O4S. The van der Waals surface area contributed by atoms with Crippen LogP contribution in [0.15, 0.2) is 0 Å². The Hall–Kier alpha value is -0.880. The fourth-order valence-electron chi connectivity index (χ4n) is 2.65. The molecule has 132 valence electrons. The Kier molecular flexibility index (Phi) is 5.50. The monoisotopic (exact) mass is 413 g/mol. The molecule has 7 nitrogen and oxygen atoms in total. The number of hydrogen-bond acceptors (Lipinski definition) is 6. The van der Waals surface area contributed by atoms with E-state index in [1.54, 1.807) is 19.9 Å². The summed E-state index contributed by atoms with van der Waals surface area (Å²) in [6.07, 6.45) is -0.334. The molecule has 0 aromatic rings. The number of ether oxygens (including phenoxy) is 1. The van der Waals surface area contributed by atoms with E-state index in [2.05, 4.69) is 5.32 Å². The number of thioether (sulfide) groups is 1. The van der Waals surface area contributed by atoms with Gasteiger partial charge in [0.1, 0.15) is 30.5 Å². The van der Waals surface area contributed by atoms with Crippen molar-refractivity contribution in [2.75, 3.05) is 6.61 Å². The van der Waals surface area contributed by atoms with Crippen molar-refractivity contribution in [3.8, 4) is 6.07 Å². The molecule has 2 unspecified atom stereocenters. The van der Waals surface area contributed by atoms with Gasteiger partial charge in [0.05, 0.1) is 6.07 Å². The molecule has 2 aliphatic heterocycles. The Labute approximate surface area is 157 Å². The number of esters is 1. The SMILES string of the molecule is CC1(C)S[C@H]2C(NC(=O)CC#N)C(=O)N2C1C(=O)OCC(Cl)(Cl)Cl. The Morgan fingerprint density at radius 1 is 1.46 bits per heavy atom. The van der Waals surface area contributed by atoms with Gasteiger partial charge in [-0.25, -0.2) is 4.79 Å². The molecule has 1 N–H and O–H groups in total. The maximum absolute atomic E-state index is 12.3. The summed E-state index contributed by atoms with van der Waals surface area (Å²) < 4.78 is 2.63. The molecule has 11 heteroatoms. The summed E-state index contributed by atoms with van der Waals surface area (Å²) in [5.41, 5.74) is 0. The van der Waals surface area contributed by atoms with Gasteiger partial charge in [-0.2, -0.15) is 5.26 Å². The molecule has 2 fully saturated rings. The number of hydrogen-bond donors (Lipinski definition) is 1. The van der Waals surface area contributed by atoms with Gasteiger partial charge in [0, 0.05) is 4.75 Å². The predicted octanol–water partition coefficient (Wildman–Crippen LogP) is 1.36. The van der Waals surface area contributed by atoms with Gasteiger partial charge >= 0.3 is 5.97 Å². The minimum Gasteiger partial charge on any atom is -0.460 e. The van der Waals surface area contributed by atoms with Crippen LogP contribution >= 0.6 is 46.6 Å². The van der Waals surface area contributed by atoms with Crippen LogP contribution in [0.1, 0.15) is 20.3 Å². The van der Waals surface area contributed by atoms with Crippen molar-refractivity contribution >= 4 is 64.3 Å². The molecule has 0 bridgehead atoms. The van der Waals surface area contributed by atoms with E-state index in [9.17, 15) is 14.4 Å². The minimum atomic E-state index is -1.74. The van der Waals surface area contributed by atoms with Crippen molar-refractivity contribution in [3.05, 3.63) is 0 Å². The lowest BCUT2D eigenvalue weighted by Gasteiger charge is -2.43. The number of alkyl halides is 3. The smallest absolute Gasteiger partial charge is 0.330 e. The Balaban J connectivity index is 2.08. The highest BCUT2D eigenvalue weighted by Gasteiger charge is 2.64. The van der Waals surface area contributed by atoms with Crippen molar-refractivity contribution in [1.29, 1.82) is 5.26 Å². The molecular weight excluding hydrogens is 401 g/mol. The first-order valence-corrected chi connectivity index (χ1v) is 8.89. The van der Waals surface area contributed by atoms with Gasteiger partial charge in [-0.3, -0.25) is 9.59 Å². The van der Waals surface area contributed by atoms with Gasteiger partial charge in [-0.05, 0) is 13.8 Å². The zero-order chi connectivity index (χ0) is 18.3. The van der Waals surface area contributed by atoms with Crippen LogP contribution in [0.3, 0.4) is 0 Å². The standard InChI is InChI=1S/C13H14Cl3N3O4S/c1-12(2)8(11(22)23-5-13(14,15)16)19-9(21)7(10(19)24-12)18-6(20)3-4-17/h7-8,10H,3,5H2,1-2H3,(H,18,20)/t7?,8?,10-/m0/s1. The highest BCUT2D eigenvalue weighted by molar-refractivity contribution is 8.01. The van der Waals surface area contributed by atoms with E-state index in [1.807, 2.05) is 0 Å². The lowest BCUT2D eigenvalue weighted by molar-refractivity contribution is -0.164. The van der Waals surface area contributed by atoms with Crippen molar-refractivity contribution < 1.29 is 19.1 Å². The zero-order valence-electron chi connectivity index (χ0n) is 12.7. The fraction of sp³-hybridized carbons (Fsp3) is 0.692. The van der Waals surface area contributed by atoms with Gasteiger partial charge in [-0.15, -0.1) is 11.8 Å². The van der Waals surface area contributed by atoms with Crippen molar-refractivity contribution in [2.24, 2.45) is 0 Å². The van der Waals surface area contributed by atoms with E-state index < -0.39 is 50.4 Å².